The molecule has 0 unspecified atom stereocenters. The second kappa shape index (κ2) is 7.64. The van der Waals surface area contributed by atoms with E-state index in [0.29, 0.717) is 23.6 Å². The second-order valence-electron chi connectivity index (χ2n) is 5.54. The highest BCUT2D eigenvalue weighted by Crippen LogP contribution is 2.31. The van der Waals surface area contributed by atoms with Crippen LogP contribution in [0.15, 0.2) is 48.7 Å². The fourth-order valence-electron chi connectivity index (χ4n) is 2.36. The van der Waals surface area contributed by atoms with Crippen molar-refractivity contribution in [1.82, 2.24) is 9.38 Å². The van der Waals surface area contributed by atoms with E-state index in [2.05, 4.69) is 4.98 Å². The largest absolute Gasteiger partial charge is 0.462 e. The van der Waals surface area contributed by atoms with Gasteiger partial charge in [0.2, 0.25) is 5.65 Å². The summed E-state index contributed by atoms with van der Waals surface area (Å²) in [7, 11) is 0. The standard InChI is InChI=1S/C18H17N3O5/c1-2-3-12-25-18(22)13-7-9-14(10-8-13)26-16-17(21(23)24)20-11-5-4-6-15(20)19-16/h4-11H,2-3,12H2,1H3. The maximum absolute atomic E-state index is 11.9. The predicted octanol–water partition coefficient (Wildman–Crippen LogP) is 3.99. The van der Waals surface area contributed by atoms with Crippen molar-refractivity contribution in [3.8, 4) is 11.6 Å². The summed E-state index contributed by atoms with van der Waals surface area (Å²) in [6.07, 6.45) is 3.30. The first-order valence-electron chi connectivity index (χ1n) is 8.16. The molecule has 2 heterocycles. The normalized spacial score (nSPS) is 10.7. The van der Waals surface area contributed by atoms with E-state index in [4.69, 9.17) is 9.47 Å². The number of ether oxygens (including phenoxy) is 2. The van der Waals surface area contributed by atoms with Crippen molar-refractivity contribution in [2.24, 2.45) is 0 Å². The van der Waals surface area contributed by atoms with Gasteiger partial charge in [0.1, 0.15) is 5.75 Å². The molecule has 0 saturated carbocycles. The van der Waals surface area contributed by atoms with E-state index in [-0.39, 0.29) is 11.7 Å². The minimum Gasteiger partial charge on any atom is -0.462 e. The van der Waals surface area contributed by atoms with E-state index in [1.54, 1.807) is 48.7 Å². The van der Waals surface area contributed by atoms with Gasteiger partial charge >= 0.3 is 17.7 Å². The van der Waals surface area contributed by atoms with Crippen LogP contribution in [-0.2, 0) is 4.74 Å². The first-order chi connectivity index (χ1) is 12.6. The summed E-state index contributed by atoms with van der Waals surface area (Å²) in [6.45, 7) is 2.39. The van der Waals surface area contributed by atoms with Gasteiger partial charge < -0.3 is 19.6 Å². The molecule has 0 radical (unpaired) electrons. The molecule has 8 nitrogen and oxygen atoms in total. The van der Waals surface area contributed by atoms with Gasteiger partial charge in [-0.25, -0.2) is 4.79 Å². The number of hydrogen-bond acceptors (Lipinski definition) is 6. The van der Waals surface area contributed by atoms with Crippen molar-refractivity contribution in [3.63, 3.8) is 0 Å². The van der Waals surface area contributed by atoms with Crippen LogP contribution in [0.3, 0.4) is 0 Å². The Balaban J connectivity index is 1.79. The van der Waals surface area contributed by atoms with E-state index in [0.717, 1.165) is 12.8 Å². The average molecular weight is 355 g/mol. The van der Waals surface area contributed by atoms with Crippen LogP contribution in [0.4, 0.5) is 5.82 Å². The second-order valence-corrected chi connectivity index (χ2v) is 5.54. The van der Waals surface area contributed by atoms with Gasteiger partial charge in [-0.15, -0.1) is 0 Å². The summed E-state index contributed by atoms with van der Waals surface area (Å²) in [5.74, 6) is -0.451. The number of hydrogen-bond donors (Lipinski definition) is 0. The molecular formula is C18H17N3O5. The Bertz CT molecular complexity index is 934. The summed E-state index contributed by atoms with van der Waals surface area (Å²) in [6, 6.07) is 11.2. The number of aromatic nitrogens is 2. The van der Waals surface area contributed by atoms with Gasteiger partial charge in [0.25, 0.3) is 0 Å². The third-order valence-corrected chi connectivity index (χ3v) is 3.68. The van der Waals surface area contributed by atoms with Crippen molar-refractivity contribution in [2.45, 2.75) is 19.8 Å². The third kappa shape index (κ3) is 3.64. The Morgan fingerprint density at radius 3 is 2.69 bits per heavy atom. The van der Waals surface area contributed by atoms with Gasteiger partial charge in [0, 0.05) is 6.07 Å². The Hall–Kier alpha value is -3.42. The van der Waals surface area contributed by atoms with Crippen LogP contribution in [0.5, 0.6) is 11.6 Å². The Labute approximate surface area is 149 Å². The number of fused-ring (bicyclic) bond motifs is 1. The Morgan fingerprint density at radius 2 is 2.00 bits per heavy atom. The van der Waals surface area contributed by atoms with Crippen LogP contribution in [-0.4, -0.2) is 26.9 Å². The lowest BCUT2D eigenvalue weighted by Crippen LogP contribution is -2.06. The SMILES string of the molecule is CCCCOC(=O)c1ccc(Oc2nc3ccccn3c2[N+](=O)[O-])cc1. The zero-order chi connectivity index (χ0) is 18.5. The summed E-state index contributed by atoms with van der Waals surface area (Å²) in [5, 5.41) is 11.4. The lowest BCUT2D eigenvalue weighted by molar-refractivity contribution is -0.391. The van der Waals surface area contributed by atoms with Gasteiger partial charge in [-0.3, -0.25) is 0 Å². The van der Waals surface area contributed by atoms with Crippen LogP contribution in [0, 0.1) is 10.1 Å². The highest BCUT2D eigenvalue weighted by molar-refractivity contribution is 5.89. The smallest absolute Gasteiger partial charge is 0.392 e. The van der Waals surface area contributed by atoms with Crippen molar-refractivity contribution in [2.75, 3.05) is 6.61 Å². The predicted molar refractivity (Wildman–Crippen MR) is 93.6 cm³/mol. The molecule has 26 heavy (non-hydrogen) atoms. The van der Waals surface area contributed by atoms with Gasteiger partial charge in [-0.05, 0) is 41.7 Å². The van der Waals surface area contributed by atoms with Crippen molar-refractivity contribution in [1.29, 1.82) is 0 Å². The summed E-state index contributed by atoms with van der Waals surface area (Å²) in [4.78, 5) is 26.8. The molecule has 3 aromatic rings. The lowest BCUT2D eigenvalue weighted by atomic mass is 10.2. The molecule has 0 spiro atoms. The summed E-state index contributed by atoms with van der Waals surface area (Å²) >= 11 is 0. The first kappa shape index (κ1) is 17.4. The van der Waals surface area contributed by atoms with E-state index in [1.165, 1.54) is 4.40 Å². The van der Waals surface area contributed by atoms with Gasteiger partial charge in [-0.1, -0.05) is 19.4 Å². The molecule has 0 N–H and O–H groups in total. The maximum atomic E-state index is 11.9. The van der Waals surface area contributed by atoms with E-state index >= 15 is 0 Å². The average Bonchev–Trinajstić information content (AvgIpc) is 3.00. The molecule has 3 rings (SSSR count). The van der Waals surface area contributed by atoms with Crippen molar-refractivity contribution >= 4 is 17.4 Å². The quantitative estimate of drug-likeness (QED) is 0.275. The van der Waals surface area contributed by atoms with Gasteiger partial charge in [0.15, 0.2) is 0 Å². The molecule has 8 heteroatoms. The number of nitro groups is 1. The number of carbonyl (C=O) groups excluding carboxylic acids is 1. The minimum atomic E-state index is -0.547. The fraction of sp³-hybridized carbons (Fsp3) is 0.222. The van der Waals surface area contributed by atoms with Crippen molar-refractivity contribution < 1.29 is 19.2 Å². The molecule has 0 aliphatic heterocycles. The number of pyridine rings is 1. The molecule has 0 aliphatic rings. The monoisotopic (exact) mass is 355 g/mol. The zero-order valence-corrected chi connectivity index (χ0v) is 14.1. The topological polar surface area (TPSA) is 96.0 Å². The fourth-order valence-corrected chi connectivity index (χ4v) is 2.36. The Morgan fingerprint density at radius 1 is 1.23 bits per heavy atom. The highest BCUT2D eigenvalue weighted by atomic mass is 16.6. The van der Waals surface area contributed by atoms with E-state index in [1.807, 2.05) is 6.92 Å². The third-order valence-electron chi connectivity index (χ3n) is 3.68. The number of nitrogens with zero attached hydrogens (tertiary/aromatic N) is 3. The number of benzene rings is 1. The summed E-state index contributed by atoms with van der Waals surface area (Å²) in [5.41, 5.74) is 0.795. The first-order valence-corrected chi connectivity index (χ1v) is 8.16. The molecule has 0 saturated heterocycles. The van der Waals surface area contributed by atoms with E-state index in [9.17, 15) is 14.9 Å². The van der Waals surface area contributed by atoms with Crippen LogP contribution < -0.4 is 4.74 Å². The van der Waals surface area contributed by atoms with E-state index < -0.39 is 10.9 Å². The van der Waals surface area contributed by atoms with Crippen LogP contribution in [0.25, 0.3) is 5.65 Å². The lowest BCUT2D eigenvalue weighted by Gasteiger charge is -2.05. The minimum absolute atomic E-state index is 0.112. The molecule has 0 amide bonds. The number of unbranched alkanes of at least 4 members (excludes halogenated alkanes) is 1. The van der Waals surface area contributed by atoms with Crippen LogP contribution >= 0.6 is 0 Å². The number of esters is 1. The number of carbonyl (C=O) groups is 1. The number of imidazole rings is 1. The van der Waals surface area contributed by atoms with Gasteiger partial charge in [-0.2, -0.15) is 9.38 Å². The van der Waals surface area contributed by atoms with Crippen LogP contribution in [0.2, 0.25) is 0 Å². The molecule has 134 valence electrons. The van der Waals surface area contributed by atoms with Crippen LogP contribution in [0.1, 0.15) is 30.1 Å². The molecular weight excluding hydrogens is 338 g/mol. The molecule has 0 bridgehead atoms. The van der Waals surface area contributed by atoms with Gasteiger partial charge in [0.05, 0.1) is 18.4 Å². The molecule has 0 aliphatic carbocycles. The molecule has 1 aromatic carbocycles. The highest BCUT2D eigenvalue weighted by Gasteiger charge is 2.24. The maximum Gasteiger partial charge on any atom is 0.392 e. The molecule has 0 atom stereocenters. The molecule has 0 fully saturated rings. The summed E-state index contributed by atoms with van der Waals surface area (Å²) < 4.78 is 12.0. The molecule has 2 aromatic heterocycles. The number of rotatable bonds is 7. The Kier molecular flexibility index (Phi) is 5.12. The zero-order valence-electron chi connectivity index (χ0n) is 14.1. The van der Waals surface area contributed by atoms with Crippen molar-refractivity contribution in [3.05, 3.63) is 64.3 Å².